The summed E-state index contributed by atoms with van der Waals surface area (Å²) < 4.78 is 0. The third-order valence-corrected chi connectivity index (χ3v) is 3.60. The Balaban J connectivity index is 2.17. The van der Waals surface area contributed by atoms with Crippen LogP contribution in [0, 0.1) is 0 Å². The molecule has 0 aromatic heterocycles. The van der Waals surface area contributed by atoms with Crippen LogP contribution in [0.1, 0.15) is 32.6 Å². The van der Waals surface area contributed by atoms with Gasteiger partial charge in [-0.1, -0.05) is 6.42 Å². The van der Waals surface area contributed by atoms with Crippen LogP contribution in [0.4, 0.5) is 0 Å². The summed E-state index contributed by atoms with van der Waals surface area (Å²) in [6.07, 6.45) is 4.77. The molecule has 1 heterocycles. The van der Waals surface area contributed by atoms with Gasteiger partial charge in [0.2, 0.25) is 5.91 Å². The fourth-order valence-corrected chi connectivity index (χ4v) is 2.52. The van der Waals surface area contributed by atoms with Crippen molar-refractivity contribution in [3.05, 3.63) is 0 Å². The number of hydrogen-bond acceptors (Lipinski definition) is 4. The molecule has 0 unspecified atom stereocenters. The topological polar surface area (TPSA) is 61.6 Å². The van der Waals surface area contributed by atoms with E-state index in [-0.39, 0.29) is 5.91 Å². The monoisotopic (exact) mass is 270 g/mol. The Kier molecular flexibility index (Phi) is 8.79. The van der Waals surface area contributed by atoms with E-state index < -0.39 is 0 Å². The molecular formula is C14H30N4O. The van der Waals surface area contributed by atoms with Gasteiger partial charge in [0, 0.05) is 19.6 Å². The standard InChI is InChI=1S/C14H30N4O/c1-2-16-14(19)13-18-10-6-9-17(11-12-18)8-5-3-4-7-15/h2-13,15H2,1H3,(H,16,19). The van der Waals surface area contributed by atoms with Crippen LogP contribution in [-0.2, 0) is 4.79 Å². The molecule has 3 N–H and O–H groups in total. The fourth-order valence-electron chi connectivity index (χ4n) is 2.52. The first-order valence-electron chi connectivity index (χ1n) is 7.67. The van der Waals surface area contributed by atoms with Crippen molar-refractivity contribution in [2.45, 2.75) is 32.6 Å². The molecular weight excluding hydrogens is 240 g/mol. The maximum atomic E-state index is 11.6. The van der Waals surface area contributed by atoms with E-state index in [1.54, 1.807) is 0 Å². The Labute approximate surface area is 117 Å². The van der Waals surface area contributed by atoms with Gasteiger partial charge in [-0.05, 0) is 52.4 Å². The van der Waals surface area contributed by atoms with Crippen molar-refractivity contribution in [1.29, 1.82) is 0 Å². The van der Waals surface area contributed by atoms with Crippen LogP contribution in [0.3, 0.4) is 0 Å². The first-order valence-corrected chi connectivity index (χ1v) is 7.67. The fraction of sp³-hybridized carbons (Fsp3) is 0.929. The number of rotatable bonds is 8. The Hall–Kier alpha value is -0.650. The predicted molar refractivity (Wildman–Crippen MR) is 79.1 cm³/mol. The number of nitrogens with one attached hydrogen (secondary N) is 1. The van der Waals surface area contributed by atoms with Crippen molar-refractivity contribution in [2.75, 3.05) is 52.4 Å². The quantitative estimate of drug-likeness (QED) is 0.621. The zero-order valence-electron chi connectivity index (χ0n) is 12.4. The molecule has 1 saturated heterocycles. The number of hydrogen-bond donors (Lipinski definition) is 2. The number of amides is 1. The summed E-state index contributed by atoms with van der Waals surface area (Å²) in [7, 11) is 0. The number of unbranched alkanes of at least 4 members (excludes halogenated alkanes) is 2. The van der Waals surface area contributed by atoms with Gasteiger partial charge in [-0.15, -0.1) is 0 Å². The smallest absolute Gasteiger partial charge is 0.234 e. The van der Waals surface area contributed by atoms with E-state index in [1.807, 2.05) is 6.92 Å². The van der Waals surface area contributed by atoms with Crippen LogP contribution in [0.5, 0.6) is 0 Å². The van der Waals surface area contributed by atoms with Gasteiger partial charge >= 0.3 is 0 Å². The van der Waals surface area contributed by atoms with E-state index in [1.165, 1.54) is 19.4 Å². The first-order chi connectivity index (χ1) is 9.26. The summed E-state index contributed by atoms with van der Waals surface area (Å²) in [5.74, 6) is 0.152. The highest BCUT2D eigenvalue weighted by Crippen LogP contribution is 2.05. The Morgan fingerprint density at radius 3 is 2.58 bits per heavy atom. The normalized spacial score (nSPS) is 18.2. The molecule has 0 saturated carbocycles. The molecule has 5 nitrogen and oxygen atoms in total. The van der Waals surface area contributed by atoms with Crippen molar-refractivity contribution in [1.82, 2.24) is 15.1 Å². The molecule has 0 spiro atoms. The summed E-state index contributed by atoms with van der Waals surface area (Å²) in [4.78, 5) is 16.4. The molecule has 1 rings (SSSR count). The molecule has 1 amide bonds. The summed E-state index contributed by atoms with van der Waals surface area (Å²) in [5, 5.41) is 2.87. The predicted octanol–water partition coefficient (Wildman–Crippen LogP) is 0.259. The van der Waals surface area contributed by atoms with E-state index in [0.717, 1.165) is 52.1 Å². The van der Waals surface area contributed by atoms with Crippen LogP contribution in [0.25, 0.3) is 0 Å². The largest absolute Gasteiger partial charge is 0.355 e. The molecule has 1 aliphatic heterocycles. The third kappa shape index (κ3) is 7.50. The zero-order valence-corrected chi connectivity index (χ0v) is 12.4. The number of likely N-dealkylation sites (N-methyl/N-ethyl adjacent to an activating group) is 1. The van der Waals surface area contributed by atoms with E-state index in [2.05, 4.69) is 15.1 Å². The van der Waals surface area contributed by atoms with Gasteiger partial charge < -0.3 is 16.0 Å². The number of nitrogens with two attached hydrogens (primary N) is 1. The minimum Gasteiger partial charge on any atom is -0.355 e. The number of nitrogens with zero attached hydrogens (tertiary/aromatic N) is 2. The van der Waals surface area contributed by atoms with Crippen molar-refractivity contribution in [3.63, 3.8) is 0 Å². The Morgan fingerprint density at radius 1 is 1.11 bits per heavy atom. The molecule has 112 valence electrons. The lowest BCUT2D eigenvalue weighted by atomic mass is 10.2. The van der Waals surface area contributed by atoms with Gasteiger partial charge in [-0.2, -0.15) is 0 Å². The Morgan fingerprint density at radius 2 is 1.84 bits per heavy atom. The van der Waals surface area contributed by atoms with Crippen LogP contribution in [0.15, 0.2) is 0 Å². The summed E-state index contributed by atoms with van der Waals surface area (Å²) in [5.41, 5.74) is 5.50. The maximum absolute atomic E-state index is 11.6. The molecule has 0 radical (unpaired) electrons. The van der Waals surface area contributed by atoms with Crippen molar-refractivity contribution in [2.24, 2.45) is 5.73 Å². The molecule has 1 aliphatic rings. The van der Waals surface area contributed by atoms with Gasteiger partial charge in [0.25, 0.3) is 0 Å². The molecule has 0 aliphatic carbocycles. The van der Waals surface area contributed by atoms with Crippen molar-refractivity contribution < 1.29 is 4.79 Å². The lowest BCUT2D eigenvalue weighted by molar-refractivity contribution is -0.122. The molecule has 5 heteroatoms. The van der Waals surface area contributed by atoms with E-state index in [4.69, 9.17) is 5.73 Å². The summed E-state index contributed by atoms with van der Waals surface area (Å²) in [6, 6.07) is 0. The second-order valence-corrected chi connectivity index (χ2v) is 5.27. The van der Waals surface area contributed by atoms with E-state index in [0.29, 0.717) is 6.54 Å². The molecule has 19 heavy (non-hydrogen) atoms. The van der Waals surface area contributed by atoms with Crippen LogP contribution >= 0.6 is 0 Å². The summed E-state index contributed by atoms with van der Waals surface area (Å²) in [6.45, 7) is 9.51. The third-order valence-electron chi connectivity index (χ3n) is 3.60. The maximum Gasteiger partial charge on any atom is 0.234 e. The van der Waals surface area contributed by atoms with Gasteiger partial charge in [-0.3, -0.25) is 9.69 Å². The lowest BCUT2D eigenvalue weighted by Gasteiger charge is -2.21. The first kappa shape index (κ1) is 16.4. The Bertz CT molecular complexity index is 248. The van der Waals surface area contributed by atoms with Gasteiger partial charge in [0.1, 0.15) is 0 Å². The SMILES string of the molecule is CCNC(=O)CN1CCCN(CCCCCN)CC1. The van der Waals surface area contributed by atoms with E-state index >= 15 is 0 Å². The van der Waals surface area contributed by atoms with Crippen molar-refractivity contribution >= 4 is 5.91 Å². The second-order valence-electron chi connectivity index (χ2n) is 5.27. The highest BCUT2D eigenvalue weighted by Gasteiger charge is 2.16. The summed E-state index contributed by atoms with van der Waals surface area (Å²) >= 11 is 0. The minimum atomic E-state index is 0.152. The number of carbonyl (C=O) groups excluding carboxylic acids is 1. The molecule has 0 aromatic carbocycles. The van der Waals surface area contributed by atoms with Gasteiger partial charge in [-0.25, -0.2) is 0 Å². The average molecular weight is 270 g/mol. The van der Waals surface area contributed by atoms with Crippen molar-refractivity contribution in [3.8, 4) is 0 Å². The van der Waals surface area contributed by atoms with Gasteiger partial charge in [0.15, 0.2) is 0 Å². The average Bonchev–Trinajstić information content (AvgIpc) is 2.61. The molecule has 0 atom stereocenters. The van der Waals surface area contributed by atoms with Crippen LogP contribution in [-0.4, -0.2) is 68.1 Å². The minimum absolute atomic E-state index is 0.152. The number of carbonyl (C=O) groups is 1. The van der Waals surface area contributed by atoms with Crippen LogP contribution in [0.2, 0.25) is 0 Å². The second kappa shape index (κ2) is 10.2. The highest BCUT2D eigenvalue weighted by atomic mass is 16.2. The van der Waals surface area contributed by atoms with Gasteiger partial charge in [0.05, 0.1) is 6.54 Å². The lowest BCUT2D eigenvalue weighted by Crippen LogP contribution is -2.39. The molecule has 0 bridgehead atoms. The van der Waals surface area contributed by atoms with Crippen LogP contribution < -0.4 is 11.1 Å². The molecule has 1 fully saturated rings. The molecule has 0 aromatic rings. The highest BCUT2D eigenvalue weighted by molar-refractivity contribution is 5.77. The van der Waals surface area contributed by atoms with E-state index in [9.17, 15) is 4.79 Å². The zero-order chi connectivity index (χ0) is 13.9.